The van der Waals surface area contributed by atoms with E-state index in [0.29, 0.717) is 37.4 Å². The number of hydrogen-bond donors (Lipinski definition) is 3. The second-order valence-corrected chi connectivity index (χ2v) is 7.79. The molecule has 4 rings (SSSR count). The Bertz CT molecular complexity index is 771. The van der Waals surface area contributed by atoms with Crippen LogP contribution in [0.4, 0.5) is 0 Å². The second-order valence-electron chi connectivity index (χ2n) is 7.79. The Balaban J connectivity index is 1.44. The van der Waals surface area contributed by atoms with E-state index in [1.165, 1.54) is 6.42 Å². The zero-order valence-electron chi connectivity index (χ0n) is 15.0. The summed E-state index contributed by atoms with van der Waals surface area (Å²) in [6.45, 7) is -2.21. The van der Waals surface area contributed by atoms with E-state index < -0.39 is 12.7 Å². The number of hydrogen-bond acceptors (Lipinski definition) is 6. The zero-order chi connectivity index (χ0) is 19.2. The van der Waals surface area contributed by atoms with Gasteiger partial charge in [-0.15, -0.1) is 0 Å². The lowest BCUT2D eigenvalue weighted by molar-refractivity contribution is -0.141. The van der Waals surface area contributed by atoms with E-state index in [2.05, 4.69) is 0 Å². The van der Waals surface area contributed by atoms with Gasteiger partial charge in [-0.1, -0.05) is 18.8 Å². The van der Waals surface area contributed by atoms with Crippen molar-refractivity contribution in [2.24, 2.45) is 5.92 Å². The molecule has 0 aromatic heterocycles. The number of carboxylic acid groups (broad SMARTS) is 1. The summed E-state index contributed by atoms with van der Waals surface area (Å²) in [5, 5.41) is 29.1. The molecule has 2 fully saturated rings. The Hall–Kier alpha value is -2.26. The second kappa shape index (κ2) is 6.72. The van der Waals surface area contributed by atoms with Gasteiger partial charge in [0, 0.05) is 6.42 Å². The maximum Gasteiger partial charge on any atom is 0.430 e. The first-order valence-electron chi connectivity index (χ1n) is 9.45. The minimum absolute atomic E-state index is 0.0208. The molecule has 146 valence electrons. The first kappa shape index (κ1) is 18.1. The molecule has 1 aromatic carbocycles. The minimum atomic E-state index is -3.07. The van der Waals surface area contributed by atoms with Gasteiger partial charge in [0.15, 0.2) is 0 Å². The van der Waals surface area contributed by atoms with Crippen molar-refractivity contribution in [3.8, 4) is 11.5 Å². The molecule has 1 saturated heterocycles. The summed E-state index contributed by atoms with van der Waals surface area (Å²) < 4.78 is 10.9. The summed E-state index contributed by atoms with van der Waals surface area (Å²) in [5.74, 6) is -0.556. The highest BCUT2D eigenvalue weighted by molar-refractivity contribution is 6.59. The molecular formula is C18H23BNO7-. The van der Waals surface area contributed by atoms with Crippen molar-refractivity contribution >= 4 is 18.6 Å². The van der Waals surface area contributed by atoms with Crippen LogP contribution in [0.15, 0.2) is 12.1 Å². The number of amides is 1. The highest BCUT2D eigenvalue weighted by Gasteiger charge is 2.37. The topological polar surface area (TPSA) is 117 Å². The maximum absolute atomic E-state index is 12.2. The van der Waals surface area contributed by atoms with Crippen LogP contribution in [-0.4, -0.2) is 57.9 Å². The number of aryl methyl sites for hydroxylation is 1. The fourth-order valence-electron chi connectivity index (χ4n) is 3.80. The summed E-state index contributed by atoms with van der Waals surface area (Å²) in [6, 6.07) is 3.25. The molecule has 2 heterocycles. The van der Waals surface area contributed by atoms with E-state index >= 15 is 0 Å². The molecule has 1 aliphatic carbocycles. The van der Waals surface area contributed by atoms with Crippen molar-refractivity contribution in [1.82, 2.24) is 4.90 Å². The van der Waals surface area contributed by atoms with E-state index in [1.54, 1.807) is 17.0 Å². The van der Waals surface area contributed by atoms with E-state index in [-0.39, 0.29) is 35.4 Å². The van der Waals surface area contributed by atoms with E-state index in [4.69, 9.17) is 9.39 Å². The monoisotopic (exact) mass is 376 g/mol. The number of fused-ring (bicyclic) bond motifs is 1. The minimum Gasteiger partial charge on any atom is -0.669 e. The van der Waals surface area contributed by atoms with Gasteiger partial charge in [0.1, 0.15) is 17.4 Å². The van der Waals surface area contributed by atoms with Crippen LogP contribution in [0.2, 0.25) is 6.32 Å². The molecule has 0 atom stereocenters. The fraction of sp³-hybridized carbons (Fsp3) is 0.556. The van der Waals surface area contributed by atoms with Crippen molar-refractivity contribution in [3.63, 3.8) is 0 Å². The van der Waals surface area contributed by atoms with Gasteiger partial charge in [-0.3, -0.25) is 4.79 Å². The number of rotatable bonds is 5. The number of likely N-dealkylation sites (tertiary alicyclic amines) is 1. The van der Waals surface area contributed by atoms with E-state index in [9.17, 15) is 24.7 Å². The molecule has 0 bridgehead atoms. The molecule has 9 heteroatoms. The van der Waals surface area contributed by atoms with Gasteiger partial charge in [-0.25, -0.2) is 4.79 Å². The van der Waals surface area contributed by atoms with Crippen LogP contribution in [0.3, 0.4) is 0 Å². The van der Waals surface area contributed by atoms with Crippen LogP contribution < -0.4 is 9.39 Å². The molecule has 3 N–H and O–H groups in total. The standard InChI is InChI=1S/C18H23BNO7/c21-15(8-11-2-1-3-11)20-9-13(10-20)26-14-5-4-12-6-7-19(24,25)27-17(12)16(14)18(22)23/h4-5,11,13,24-25H,1-3,6-10H2,(H,22,23)/q-1. The summed E-state index contributed by atoms with van der Waals surface area (Å²) in [7, 11) is 0. The fourth-order valence-corrected chi connectivity index (χ4v) is 3.80. The third kappa shape index (κ3) is 3.61. The Morgan fingerprint density at radius 3 is 2.63 bits per heavy atom. The van der Waals surface area contributed by atoms with Gasteiger partial charge in [0.05, 0.1) is 18.8 Å². The molecule has 0 radical (unpaired) electrons. The number of carbonyl (C=O) groups is 2. The largest absolute Gasteiger partial charge is 0.669 e. The number of benzene rings is 1. The molecule has 8 nitrogen and oxygen atoms in total. The van der Waals surface area contributed by atoms with Crippen molar-refractivity contribution in [2.75, 3.05) is 13.1 Å². The predicted molar refractivity (Wildman–Crippen MR) is 95.7 cm³/mol. The first-order valence-corrected chi connectivity index (χ1v) is 9.45. The molecule has 2 aliphatic heterocycles. The van der Waals surface area contributed by atoms with Crippen LogP contribution in [0, 0.1) is 5.92 Å². The highest BCUT2D eigenvalue weighted by atomic mass is 16.6. The van der Waals surface area contributed by atoms with Gasteiger partial charge in [0.2, 0.25) is 5.91 Å². The lowest BCUT2D eigenvalue weighted by Crippen LogP contribution is -2.56. The Morgan fingerprint density at radius 2 is 2.00 bits per heavy atom. The first-order chi connectivity index (χ1) is 12.8. The molecule has 3 aliphatic rings. The quantitative estimate of drug-likeness (QED) is 0.657. The summed E-state index contributed by atoms with van der Waals surface area (Å²) >= 11 is 0. The SMILES string of the molecule is O=C(O)c1c(OC2CN(C(=O)CC3CCC3)C2)ccc2c1O[B-](O)(O)CC2. The average Bonchev–Trinajstić information content (AvgIpc) is 2.52. The van der Waals surface area contributed by atoms with Gasteiger partial charge in [-0.2, -0.15) is 0 Å². The van der Waals surface area contributed by atoms with Gasteiger partial charge >= 0.3 is 12.7 Å². The number of ether oxygens (including phenoxy) is 1. The van der Waals surface area contributed by atoms with Gasteiger partial charge in [-0.05, 0) is 36.8 Å². The average molecular weight is 376 g/mol. The number of aromatic carboxylic acids is 1. The normalized spacial score (nSPS) is 21.5. The highest BCUT2D eigenvalue weighted by Crippen LogP contribution is 2.39. The van der Waals surface area contributed by atoms with Crippen molar-refractivity contribution in [2.45, 2.75) is 44.5 Å². The summed E-state index contributed by atoms with van der Waals surface area (Å²) in [5.41, 5.74) is 0.395. The Labute approximate surface area is 156 Å². The molecule has 0 unspecified atom stereocenters. The van der Waals surface area contributed by atoms with Crippen molar-refractivity contribution < 1.29 is 34.1 Å². The number of carbonyl (C=O) groups excluding carboxylic acids is 1. The molecule has 1 saturated carbocycles. The Morgan fingerprint density at radius 1 is 1.26 bits per heavy atom. The maximum atomic E-state index is 12.2. The molecule has 1 aromatic rings. The van der Waals surface area contributed by atoms with Crippen LogP contribution in [0.25, 0.3) is 0 Å². The van der Waals surface area contributed by atoms with Crippen LogP contribution >= 0.6 is 0 Å². The molecule has 1 amide bonds. The molecule has 0 spiro atoms. The number of carboxylic acids is 1. The lowest BCUT2D eigenvalue weighted by atomic mass is 9.70. The van der Waals surface area contributed by atoms with Gasteiger partial charge < -0.3 is 29.4 Å². The van der Waals surface area contributed by atoms with Crippen molar-refractivity contribution in [1.29, 1.82) is 0 Å². The van der Waals surface area contributed by atoms with Crippen LogP contribution in [0.1, 0.15) is 41.6 Å². The third-order valence-corrected chi connectivity index (χ3v) is 5.69. The summed E-state index contributed by atoms with van der Waals surface area (Å²) in [6.07, 6.45) is 4.07. The zero-order valence-corrected chi connectivity index (χ0v) is 15.0. The smallest absolute Gasteiger partial charge is 0.430 e. The van der Waals surface area contributed by atoms with E-state index in [0.717, 1.165) is 12.8 Å². The van der Waals surface area contributed by atoms with Crippen LogP contribution in [-0.2, 0) is 11.2 Å². The van der Waals surface area contributed by atoms with E-state index in [1.807, 2.05) is 0 Å². The van der Waals surface area contributed by atoms with Crippen molar-refractivity contribution in [3.05, 3.63) is 23.3 Å². The predicted octanol–water partition coefficient (Wildman–Crippen LogP) is 1.02. The van der Waals surface area contributed by atoms with Gasteiger partial charge in [0.25, 0.3) is 0 Å². The summed E-state index contributed by atoms with van der Waals surface area (Å²) in [4.78, 5) is 25.6. The van der Waals surface area contributed by atoms with Crippen LogP contribution in [0.5, 0.6) is 11.5 Å². The molecular weight excluding hydrogens is 353 g/mol. The number of nitrogens with zero attached hydrogens (tertiary/aromatic N) is 1. The Kier molecular flexibility index (Phi) is 4.51. The lowest BCUT2D eigenvalue weighted by Gasteiger charge is -2.41. The molecule has 27 heavy (non-hydrogen) atoms. The third-order valence-electron chi connectivity index (χ3n) is 5.69.